The standard InChI is InChI=1S/C20H22N4O/c1-14-11-12-24-13-18(23-20(24)21-14)15-7-9-17(10-8-15)22-19(25)16-5-3-2-4-6-16/h7-13,16H,2-6H2,1H3,(H,22,25). The molecule has 5 nitrogen and oxygen atoms in total. The predicted molar refractivity (Wildman–Crippen MR) is 98.4 cm³/mol. The van der Waals surface area contributed by atoms with Gasteiger partial charge in [0.05, 0.1) is 5.69 Å². The number of hydrogen-bond donors (Lipinski definition) is 1. The van der Waals surface area contributed by atoms with E-state index >= 15 is 0 Å². The van der Waals surface area contributed by atoms with E-state index in [4.69, 9.17) is 0 Å². The summed E-state index contributed by atoms with van der Waals surface area (Å²) in [6, 6.07) is 9.83. The van der Waals surface area contributed by atoms with Crippen molar-refractivity contribution in [2.45, 2.75) is 39.0 Å². The molecule has 25 heavy (non-hydrogen) atoms. The molecule has 1 amide bonds. The highest BCUT2D eigenvalue weighted by molar-refractivity contribution is 5.92. The number of rotatable bonds is 3. The van der Waals surface area contributed by atoms with Gasteiger partial charge < -0.3 is 5.32 Å². The number of hydrogen-bond acceptors (Lipinski definition) is 3. The van der Waals surface area contributed by atoms with E-state index in [0.29, 0.717) is 5.78 Å². The van der Waals surface area contributed by atoms with Crippen LogP contribution in [0, 0.1) is 12.8 Å². The lowest BCUT2D eigenvalue weighted by Gasteiger charge is -2.20. The number of aromatic nitrogens is 3. The van der Waals surface area contributed by atoms with Gasteiger partial charge in [0.2, 0.25) is 11.7 Å². The van der Waals surface area contributed by atoms with Gasteiger partial charge in [0, 0.05) is 35.3 Å². The number of carbonyl (C=O) groups excluding carboxylic acids is 1. The van der Waals surface area contributed by atoms with Gasteiger partial charge in [-0.3, -0.25) is 9.20 Å². The third-order valence-corrected chi connectivity index (χ3v) is 4.89. The van der Waals surface area contributed by atoms with E-state index in [-0.39, 0.29) is 11.8 Å². The van der Waals surface area contributed by atoms with Gasteiger partial charge in [0.1, 0.15) is 0 Å². The molecule has 5 heteroatoms. The van der Waals surface area contributed by atoms with Crippen LogP contribution in [0.4, 0.5) is 5.69 Å². The van der Waals surface area contributed by atoms with Crippen molar-refractivity contribution in [2.24, 2.45) is 5.92 Å². The van der Waals surface area contributed by atoms with Crippen LogP contribution in [0.3, 0.4) is 0 Å². The molecule has 1 aromatic carbocycles. The Morgan fingerprint density at radius 2 is 1.84 bits per heavy atom. The molecule has 1 saturated carbocycles. The molecule has 0 unspecified atom stereocenters. The first-order valence-electron chi connectivity index (χ1n) is 8.93. The smallest absolute Gasteiger partial charge is 0.234 e. The van der Waals surface area contributed by atoms with Crippen LogP contribution in [-0.2, 0) is 4.79 Å². The lowest BCUT2D eigenvalue weighted by molar-refractivity contribution is -0.120. The Hall–Kier alpha value is -2.69. The summed E-state index contributed by atoms with van der Waals surface area (Å²) >= 11 is 0. The van der Waals surface area contributed by atoms with E-state index in [2.05, 4.69) is 15.3 Å². The molecule has 3 aromatic rings. The van der Waals surface area contributed by atoms with Gasteiger partial charge in [-0.05, 0) is 38.0 Å². The Bertz CT molecular complexity index is 892. The number of nitrogens with one attached hydrogen (secondary N) is 1. The molecule has 0 radical (unpaired) electrons. The van der Waals surface area contributed by atoms with E-state index in [1.165, 1.54) is 19.3 Å². The van der Waals surface area contributed by atoms with Gasteiger partial charge >= 0.3 is 0 Å². The van der Waals surface area contributed by atoms with Crippen molar-refractivity contribution in [1.29, 1.82) is 0 Å². The van der Waals surface area contributed by atoms with E-state index in [9.17, 15) is 4.79 Å². The summed E-state index contributed by atoms with van der Waals surface area (Å²) in [6.45, 7) is 1.96. The molecule has 0 spiro atoms. The largest absolute Gasteiger partial charge is 0.326 e. The van der Waals surface area contributed by atoms with E-state index in [0.717, 1.165) is 35.5 Å². The third-order valence-electron chi connectivity index (χ3n) is 4.89. The van der Waals surface area contributed by atoms with Gasteiger partial charge in [-0.25, -0.2) is 9.97 Å². The van der Waals surface area contributed by atoms with Crippen molar-refractivity contribution in [3.8, 4) is 11.3 Å². The first-order chi connectivity index (χ1) is 12.2. The highest BCUT2D eigenvalue weighted by Crippen LogP contribution is 2.26. The number of imidazole rings is 1. The summed E-state index contributed by atoms with van der Waals surface area (Å²) in [4.78, 5) is 21.3. The maximum atomic E-state index is 12.3. The van der Waals surface area contributed by atoms with Crippen molar-refractivity contribution in [3.63, 3.8) is 0 Å². The monoisotopic (exact) mass is 334 g/mol. The third kappa shape index (κ3) is 3.40. The molecule has 1 aliphatic carbocycles. The highest BCUT2D eigenvalue weighted by atomic mass is 16.1. The number of benzene rings is 1. The lowest BCUT2D eigenvalue weighted by Crippen LogP contribution is -2.24. The summed E-state index contributed by atoms with van der Waals surface area (Å²) in [5.74, 6) is 1.02. The zero-order valence-corrected chi connectivity index (χ0v) is 14.4. The van der Waals surface area contributed by atoms with Gasteiger partial charge in [-0.15, -0.1) is 0 Å². The molecule has 0 atom stereocenters. The summed E-state index contributed by atoms with van der Waals surface area (Å²) in [5, 5.41) is 3.05. The second kappa shape index (κ2) is 6.67. The van der Waals surface area contributed by atoms with Crippen LogP contribution >= 0.6 is 0 Å². The quantitative estimate of drug-likeness (QED) is 0.780. The summed E-state index contributed by atoms with van der Waals surface area (Å²) < 4.78 is 1.92. The van der Waals surface area contributed by atoms with Crippen LogP contribution in [0.2, 0.25) is 0 Å². The average molecular weight is 334 g/mol. The number of anilines is 1. The number of fused-ring (bicyclic) bond motifs is 1. The Morgan fingerprint density at radius 3 is 2.60 bits per heavy atom. The molecule has 1 aliphatic rings. The van der Waals surface area contributed by atoms with Gasteiger partial charge in [0.15, 0.2) is 0 Å². The maximum Gasteiger partial charge on any atom is 0.234 e. The first kappa shape index (κ1) is 15.8. The van der Waals surface area contributed by atoms with Gasteiger partial charge in [-0.2, -0.15) is 0 Å². The number of nitrogens with zero attached hydrogens (tertiary/aromatic N) is 3. The molecule has 1 fully saturated rings. The second-order valence-corrected chi connectivity index (χ2v) is 6.80. The SMILES string of the molecule is Cc1ccn2cc(-c3ccc(NC(=O)C4CCCCC4)cc3)nc2n1. The Kier molecular flexibility index (Phi) is 4.22. The summed E-state index contributed by atoms with van der Waals surface area (Å²) in [5.41, 5.74) is 3.68. The molecule has 4 rings (SSSR count). The molecule has 1 N–H and O–H groups in total. The van der Waals surface area contributed by atoms with Gasteiger partial charge in [-0.1, -0.05) is 31.4 Å². The maximum absolute atomic E-state index is 12.3. The van der Waals surface area contributed by atoms with Crippen LogP contribution in [0.25, 0.3) is 17.0 Å². The van der Waals surface area contributed by atoms with Crippen LogP contribution in [0.1, 0.15) is 37.8 Å². The zero-order chi connectivity index (χ0) is 17.2. The van der Waals surface area contributed by atoms with Crippen molar-refractivity contribution >= 4 is 17.4 Å². The zero-order valence-electron chi connectivity index (χ0n) is 14.4. The topological polar surface area (TPSA) is 59.3 Å². The molecule has 0 saturated heterocycles. The predicted octanol–water partition coefficient (Wildman–Crippen LogP) is 4.22. The minimum atomic E-state index is 0.153. The van der Waals surface area contributed by atoms with Crippen LogP contribution < -0.4 is 5.32 Å². The molecule has 0 aliphatic heterocycles. The molecule has 2 aromatic heterocycles. The normalized spacial score (nSPS) is 15.4. The fourth-order valence-electron chi connectivity index (χ4n) is 3.43. The minimum absolute atomic E-state index is 0.153. The minimum Gasteiger partial charge on any atom is -0.326 e. The molecule has 2 heterocycles. The van der Waals surface area contributed by atoms with Gasteiger partial charge in [0.25, 0.3) is 0 Å². The fourth-order valence-corrected chi connectivity index (χ4v) is 3.43. The Balaban J connectivity index is 1.49. The van der Waals surface area contributed by atoms with E-state index in [1.807, 2.05) is 54.0 Å². The number of amides is 1. The summed E-state index contributed by atoms with van der Waals surface area (Å²) in [7, 11) is 0. The molecular formula is C20H22N4O. The van der Waals surface area contributed by atoms with Crippen molar-refractivity contribution in [1.82, 2.24) is 14.4 Å². The van der Waals surface area contributed by atoms with Crippen LogP contribution in [0.15, 0.2) is 42.7 Å². The van der Waals surface area contributed by atoms with Crippen LogP contribution in [-0.4, -0.2) is 20.3 Å². The lowest BCUT2D eigenvalue weighted by atomic mass is 9.88. The highest BCUT2D eigenvalue weighted by Gasteiger charge is 2.21. The van der Waals surface area contributed by atoms with Crippen molar-refractivity contribution < 1.29 is 4.79 Å². The Morgan fingerprint density at radius 1 is 1.08 bits per heavy atom. The van der Waals surface area contributed by atoms with E-state index in [1.54, 1.807) is 0 Å². The first-order valence-corrected chi connectivity index (χ1v) is 8.93. The Labute approximate surface area is 147 Å². The number of carbonyl (C=O) groups is 1. The van der Waals surface area contributed by atoms with Crippen molar-refractivity contribution in [3.05, 3.63) is 48.4 Å². The molecule has 0 bridgehead atoms. The molecular weight excluding hydrogens is 312 g/mol. The van der Waals surface area contributed by atoms with Crippen LogP contribution in [0.5, 0.6) is 0 Å². The van der Waals surface area contributed by atoms with E-state index < -0.39 is 0 Å². The summed E-state index contributed by atoms with van der Waals surface area (Å²) in [6.07, 6.45) is 9.54. The number of aryl methyl sites for hydroxylation is 1. The van der Waals surface area contributed by atoms with Crippen molar-refractivity contribution in [2.75, 3.05) is 5.32 Å². The fraction of sp³-hybridized carbons (Fsp3) is 0.350. The average Bonchev–Trinajstić information content (AvgIpc) is 3.06. The second-order valence-electron chi connectivity index (χ2n) is 6.80. The molecule has 128 valence electrons.